The Balaban J connectivity index is 1.99. The summed E-state index contributed by atoms with van der Waals surface area (Å²) in [5.74, 6) is -0.347. The minimum atomic E-state index is -4.17. The van der Waals surface area contributed by atoms with Crippen molar-refractivity contribution >= 4 is 33.2 Å². The van der Waals surface area contributed by atoms with E-state index in [1.165, 1.54) is 38.5 Å². The maximum Gasteiger partial charge on any atom is 0.264 e. The molecule has 3 aromatic rings. The van der Waals surface area contributed by atoms with Crippen molar-refractivity contribution in [3.05, 3.63) is 78.4 Å². The Morgan fingerprint density at radius 2 is 1.54 bits per heavy atom. The summed E-state index contributed by atoms with van der Waals surface area (Å²) < 4.78 is 39.0. The smallest absolute Gasteiger partial charge is 0.264 e. The van der Waals surface area contributed by atoms with E-state index in [9.17, 15) is 18.0 Å². The van der Waals surface area contributed by atoms with Crippen molar-refractivity contribution in [3.63, 3.8) is 0 Å². The van der Waals surface area contributed by atoms with Gasteiger partial charge in [-0.15, -0.1) is 0 Å². The average Bonchev–Trinajstić information content (AvgIpc) is 2.86. The molecule has 37 heavy (non-hydrogen) atoms. The van der Waals surface area contributed by atoms with Crippen molar-refractivity contribution < 1.29 is 27.5 Å². The molecule has 0 aliphatic carbocycles. The van der Waals surface area contributed by atoms with Gasteiger partial charge in [0.25, 0.3) is 15.9 Å². The second-order valence-electron chi connectivity index (χ2n) is 9.16. The molecule has 0 spiro atoms. The molecule has 0 bridgehead atoms. The molecule has 0 unspecified atom stereocenters. The van der Waals surface area contributed by atoms with Crippen LogP contribution in [0.3, 0.4) is 0 Å². The van der Waals surface area contributed by atoms with E-state index in [0.717, 1.165) is 4.31 Å². The molecule has 2 N–H and O–H groups in total. The fraction of sp³-hybridized carbons (Fsp3) is 0.259. The Morgan fingerprint density at radius 3 is 2.16 bits per heavy atom. The number of methoxy groups -OCH3 is 2. The van der Waals surface area contributed by atoms with Gasteiger partial charge in [-0.2, -0.15) is 0 Å². The van der Waals surface area contributed by atoms with E-state index in [1.807, 2.05) is 20.8 Å². The van der Waals surface area contributed by atoms with Gasteiger partial charge in [0.2, 0.25) is 5.91 Å². The van der Waals surface area contributed by atoms with Crippen LogP contribution in [0.1, 0.15) is 31.1 Å². The fourth-order valence-corrected chi connectivity index (χ4v) is 4.98. The third-order valence-corrected chi connectivity index (χ3v) is 6.98. The number of para-hydroxylation sites is 1. The number of carbonyl (C=O) groups excluding carboxylic acids is 2. The topological polar surface area (TPSA) is 114 Å². The van der Waals surface area contributed by atoms with Crippen LogP contribution in [0.5, 0.6) is 11.5 Å². The molecule has 0 heterocycles. The summed E-state index contributed by atoms with van der Waals surface area (Å²) in [4.78, 5) is 26.0. The average molecular weight is 526 g/mol. The SMILES string of the molecule is COc1ccc(N(CC(=O)Nc2ccccc2C(=O)NC(C)(C)C)S(=O)(=O)c2ccccc2)c(OC)c1. The first-order valence-electron chi connectivity index (χ1n) is 11.5. The Labute approximate surface area is 217 Å². The zero-order valence-corrected chi connectivity index (χ0v) is 22.3. The Morgan fingerprint density at radius 1 is 0.892 bits per heavy atom. The number of hydrogen-bond acceptors (Lipinski definition) is 6. The minimum Gasteiger partial charge on any atom is -0.497 e. The summed E-state index contributed by atoms with van der Waals surface area (Å²) in [6, 6.07) is 18.9. The Kier molecular flexibility index (Phi) is 8.44. The lowest BCUT2D eigenvalue weighted by Gasteiger charge is -2.26. The van der Waals surface area contributed by atoms with Gasteiger partial charge < -0.3 is 20.1 Å². The van der Waals surface area contributed by atoms with Crippen LogP contribution in [-0.2, 0) is 14.8 Å². The van der Waals surface area contributed by atoms with E-state index in [4.69, 9.17) is 9.47 Å². The number of rotatable bonds is 9. The van der Waals surface area contributed by atoms with Gasteiger partial charge in [-0.25, -0.2) is 8.42 Å². The molecule has 3 rings (SSSR count). The number of benzene rings is 3. The minimum absolute atomic E-state index is 0.00521. The summed E-state index contributed by atoms with van der Waals surface area (Å²) in [6.45, 7) is 4.97. The second-order valence-corrected chi connectivity index (χ2v) is 11.0. The summed E-state index contributed by atoms with van der Waals surface area (Å²) in [5, 5.41) is 5.55. The zero-order chi connectivity index (χ0) is 27.2. The lowest BCUT2D eigenvalue weighted by Crippen LogP contribution is -2.41. The standard InChI is InChI=1S/C27H31N3O6S/c1-27(2,3)29-26(32)21-13-9-10-14-22(21)28-25(31)18-30(37(33,34)20-11-7-6-8-12-20)23-16-15-19(35-4)17-24(23)36-5/h6-17H,18H2,1-5H3,(H,28,31)(H,29,32). The maximum absolute atomic E-state index is 13.7. The van der Waals surface area contributed by atoms with Crippen LogP contribution in [0.4, 0.5) is 11.4 Å². The van der Waals surface area contributed by atoms with E-state index in [-0.39, 0.29) is 33.5 Å². The van der Waals surface area contributed by atoms with Crippen LogP contribution in [0.25, 0.3) is 0 Å². The molecule has 2 amide bonds. The van der Waals surface area contributed by atoms with Crippen LogP contribution in [0.15, 0.2) is 77.7 Å². The van der Waals surface area contributed by atoms with Gasteiger partial charge in [0, 0.05) is 11.6 Å². The first-order chi connectivity index (χ1) is 17.5. The molecular weight excluding hydrogens is 494 g/mol. The largest absolute Gasteiger partial charge is 0.497 e. The quantitative estimate of drug-likeness (QED) is 0.435. The van der Waals surface area contributed by atoms with Crippen LogP contribution in [0, 0.1) is 0 Å². The van der Waals surface area contributed by atoms with Crippen molar-refractivity contribution in [1.29, 1.82) is 0 Å². The second kappa shape index (κ2) is 11.3. The molecule has 196 valence electrons. The predicted octanol–water partition coefficient (Wildman–Crippen LogP) is 4.07. The summed E-state index contributed by atoms with van der Waals surface area (Å²) >= 11 is 0. The van der Waals surface area contributed by atoms with Gasteiger partial charge >= 0.3 is 0 Å². The number of ether oxygens (including phenoxy) is 2. The molecule has 0 fully saturated rings. The van der Waals surface area contributed by atoms with E-state index < -0.39 is 28.0 Å². The van der Waals surface area contributed by atoms with E-state index >= 15 is 0 Å². The molecule has 0 radical (unpaired) electrons. The molecule has 0 saturated heterocycles. The lowest BCUT2D eigenvalue weighted by atomic mass is 10.1. The van der Waals surface area contributed by atoms with Crippen LogP contribution >= 0.6 is 0 Å². The highest BCUT2D eigenvalue weighted by molar-refractivity contribution is 7.92. The summed E-state index contributed by atoms with van der Waals surface area (Å²) in [6.07, 6.45) is 0. The predicted molar refractivity (Wildman–Crippen MR) is 143 cm³/mol. The molecule has 9 nitrogen and oxygen atoms in total. The van der Waals surface area contributed by atoms with Gasteiger partial charge in [-0.3, -0.25) is 13.9 Å². The molecule has 10 heteroatoms. The molecule has 0 atom stereocenters. The fourth-order valence-electron chi connectivity index (χ4n) is 3.53. The van der Waals surface area contributed by atoms with Crippen LogP contribution in [-0.4, -0.2) is 46.5 Å². The number of amides is 2. The highest BCUT2D eigenvalue weighted by Gasteiger charge is 2.30. The van der Waals surface area contributed by atoms with Crippen LogP contribution in [0.2, 0.25) is 0 Å². The lowest BCUT2D eigenvalue weighted by molar-refractivity contribution is -0.114. The normalized spacial score (nSPS) is 11.4. The Bertz CT molecular complexity index is 1370. The first-order valence-corrected chi connectivity index (χ1v) is 12.9. The number of carbonyl (C=O) groups is 2. The highest BCUT2D eigenvalue weighted by Crippen LogP contribution is 2.35. The van der Waals surface area contributed by atoms with Crippen molar-refractivity contribution in [1.82, 2.24) is 5.32 Å². The number of nitrogens with one attached hydrogen (secondary N) is 2. The van der Waals surface area contributed by atoms with Gasteiger partial charge in [0.05, 0.1) is 36.1 Å². The van der Waals surface area contributed by atoms with E-state index in [0.29, 0.717) is 5.75 Å². The van der Waals surface area contributed by atoms with Crippen molar-refractivity contribution in [2.45, 2.75) is 31.2 Å². The molecule has 0 aromatic heterocycles. The molecule has 3 aromatic carbocycles. The first kappa shape index (κ1) is 27.5. The maximum atomic E-state index is 13.7. The Hall–Kier alpha value is -4.05. The third kappa shape index (κ3) is 6.79. The summed E-state index contributed by atoms with van der Waals surface area (Å²) in [7, 11) is -1.29. The van der Waals surface area contributed by atoms with Crippen molar-refractivity contribution in [3.8, 4) is 11.5 Å². The number of sulfonamides is 1. The number of anilines is 2. The van der Waals surface area contributed by atoms with Crippen molar-refractivity contribution in [2.24, 2.45) is 0 Å². The monoisotopic (exact) mass is 525 g/mol. The van der Waals surface area contributed by atoms with Gasteiger partial charge in [-0.05, 0) is 57.2 Å². The third-order valence-electron chi connectivity index (χ3n) is 5.21. The van der Waals surface area contributed by atoms with E-state index in [1.54, 1.807) is 48.5 Å². The highest BCUT2D eigenvalue weighted by atomic mass is 32.2. The van der Waals surface area contributed by atoms with Crippen molar-refractivity contribution in [2.75, 3.05) is 30.4 Å². The molecule has 0 aliphatic heterocycles. The molecule has 0 aliphatic rings. The van der Waals surface area contributed by atoms with E-state index in [2.05, 4.69) is 10.6 Å². The number of nitrogens with zero attached hydrogens (tertiary/aromatic N) is 1. The van der Waals surface area contributed by atoms with Gasteiger partial charge in [0.15, 0.2) is 0 Å². The molecule has 0 saturated carbocycles. The van der Waals surface area contributed by atoms with Gasteiger partial charge in [-0.1, -0.05) is 30.3 Å². The zero-order valence-electron chi connectivity index (χ0n) is 21.4. The summed E-state index contributed by atoms with van der Waals surface area (Å²) in [5.41, 5.74) is 0.180. The van der Waals surface area contributed by atoms with Gasteiger partial charge in [0.1, 0.15) is 18.0 Å². The number of hydrogen-bond donors (Lipinski definition) is 2. The van der Waals surface area contributed by atoms with Crippen LogP contribution < -0.4 is 24.4 Å². The molecular formula is C27H31N3O6S.